The van der Waals surface area contributed by atoms with E-state index < -0.39 is 35.0 Å². The van der Waals surface area contributed by atoms with Crippen LogP contribution < -0.4 is 5.32 Å². The summed E-state index contributed by atoms with van der Waals surface area (Å²) in [5, 5.41) is 3.29. The summed E-state index contributed by atoms with van der Waals surface area (Å²) in [5.41, 5.74) is 0.0480. The van der Waals surface area contributed by atoms with Gasteiger partial charge in [0.05, 0.1) is 24.5 Å². The molecule has 2 atom stereocenters. The summed E-state index contributed by atoms with van der Waals surface area (Å²) in [6.07, 6.45) is 3.70. The molecule has 31 heavy (non-hydrogen) atoms. The first-order valence-electron chi connectivity index (χ1n) is 11.1. The van der Waals surface area contributed by atoms with Crippen molar-refractivity contribution in [2.45, 2.75) is 64.0 Å². The molecule has 0 unspecified atom stereocenters. The van der Waals surface area contributed by atoms with Crippen LogP contribution >= 0.6 is 0 Å². The van der Waals surface area contributed by atoms with E-state index in [4.69, 9.17) is 9.47 Å². The Labute approximate surface area is 184 Å². The van der Waals surface area contributed by atoms with E-state index in [0.29, 0.717) is 6.42 Å². The normalized spacial score (nSPS) is 23.2. The average Bonchev–Trinajstić information content (AvgIpc) is 3.22. The minimum Gasteiger partial charge on any atom is -0.469 e. The Morgan fingerprint density at radius 3 is 2.23 bits per heavy atom. The van der Waals surface area contributed by atoms with E-state index in [1.807, 2.05) is 18.2 Å². The number of piperidine rings is 1. The molecule has 7 nitrogen and oxygen atoms in total. The quantitative estimate of drug-likeness (QED) is 0.738. The van der Waals surface area contributed by atoms with Crippen molar-refractivity contribution in [2.75, 3.05) is 20.2 Å². The lowest BCUT2D eigenvalue weighted by Crippen LogP contribution is -2.54. The third-order valence-corrected chi connectivity index (χ3v) is 6.15. The molecule has 0 spiro atoms. The minimum absolute atomic E-state index is 0.132. The molecular weight excluding hydrogens is 396 g/mol. The summed E-state index contributed by atoms with van der Waals surface area (Å²) < 4.78 is 10.4. The van der Waals surface area contributed by atoms with Gasteiger partial charge in [-0.2, -0.15) is 0 Å². The predicted octanol–water partition coefficient (Wildman–Crippen LogP) is 3.62. The van der Waals surface area contributed by atoms with Crippen LogP contribution in [0.3, 0.4) is 0 Å². The molecule has 1 aliphatic heterocycles. The first-order chi connectivity index (χ1) is 14.6. The number of likely N-dealkylation sites (tertiary alicyclic amines) is 1. The molecule has 1 heterocycles. The van der Waals surface area contributed by atoms with E-state index in [2.05, 4.69) is 17.4 Å². The van der Waals surface area contributed by atoms with Crippen molar-refractivity contribution in [3.8, 4) is 0 Å². The van der Waals surface area contributed by atoms with Gasteiger partial charge in [-0.1, -0.05) is 43.2 Å². The Morgan fingerprint density at radius 2 is 1.65 bits per heavy atom. The molecule has 1 saturated carbocycles. The molecule has 0 radical (unpaired) electrons. The summed E-state index contributed by atoms with van der Waals surface area (Å²) in [7, 11) is 1.33. The second-order valence-corrected chi connectivity index (χ2v) is 9.68. The first-order valence-corrected chi connectivity index (χ1v) is 11.1. The Bertz CT molecular complexity index is 796. The smallest absolute Gasteiger partial charge is 0.410 e. The second kappa shape index (κ2) is 9.28. The molecule has 170 valence electrons. The van der Waals surface area contributed by atoms with Crippen molar-refractivity contribution in [3.63, 3.8) is 0 Å². The average molecular weight is 431 g/mol. The highest BCUT2D eigenvalue weighted by molar-refractivity contribution is 5.83. The number of hydrogen-bond donors (Lipinski definition) is 1. The van der Waals surface area contributed by atoms with Gasteiger partial charge in [0, 0.05) is 13.1 Å². The number of hydrogen-bond acceptors (Lipinski definition) is 5. The lowest BCUT2D eigenvalue weighted by atomic mass is 9.85. The molecule has 1 aromatic carbocycles. The van der Waals surface area contributed by atoms with Crippen LogP contribution in [0.5, 0.6) is 0 Å². The highest BCUT2D eigenvalue weighted by Gasteiger charge is 2.43. The van der Waals surface area contributed by atoms with Gasteiger partial charge in [0.25, 0.3) is 0 Å². The Balaban J connectivity index is 1.79. The van der Waals surface area contributed by atoms with Gasteiger partial charge in [0.2, 0.25) is 5.91 Å². The Kier molecular flexibility index (Phi) is 6.92. The van der Waals surface area contributed by atoms with Crippen LogP contribution in [-0.4, -0.2) is 48.7 Å². The van der Waals surface area contributed by atoms with Crippen molar-refractivity contribution >= 4 is 18.0 Å². The third kappa shape index (κ3) is 5.57. The molecule has 1 N–H and O–H groups in total. The SMILES string of the molecule is COC(=O)[C@@H]1C[C@H](C(=O)NC2(c3ccccc3)CCCC2)CN(C(=O)OC(C)(C)C)C1. The number of amides is 2. The van der Waals surface area contributed by atoms with E-state index in [-0.39, 0.29) is 19.0 Å². The largest absolute Gasteiger partial charge is 0.469 e. The molecule has 7 heteroatoms. The molecule has 0 bridgehead atoms. The number of nitrogens with one attached hydrogen (secondary N) is 1. The fourth-order valence-corrected chi connectivity index (χ4v) is 4.66. The second-order valence-electron chi connectivity index (χ2n) is 9.68. The fourth-order valence-electron chi connectivity index (χ4n) is 4.66. The van der Waals surface area contributed by atoms with E-state index >= 15 is 0 Å². The molecule has 2 amide bonds. The summed E-state index contributed by atoms with van der Waals surface area (Å²) >= 11 is 0. The molecule has 2 aliphatic rings. The number of methoxy groups -OCH3 is 1. The zero-order chi connectivity index (χ0) is 22.6. The van der Waals surface area contributed by atoms with Crippen LogP contribution in [0.15, 0.2) is 30.3 Å². The first kappa shape index (κ1) is 23.1. The van der Waals surface area contributed by atoms with Gasteiger partial charge < -0.3 is 19.7 Å². The number of carbonyl (C=O) groups excluding carboxylic acids is 3. The van der Waals surface area contributed by atoms with Gasteiger partial charge in [-0.25, -0.2) is 4.79 Å². The van der Waals surface area contributed by atoms with Gasteiger partial charge in [-0.3, -0.25) is 9.59 Å². The summed E-state index contributed by atoms with van der Waals surface area (Å²) in [5.74, 6) is -1.61. The Morgan fingerprint density at radius 1 is 1.03 bits per heavy atom. The Hall–Kier alpha value is -2.57. The highest BCUT2D eigenvalue weighted by Crippen LogP contribution is 2.39. The summed E-state index contributed by atoms with van der Waals surface area (Å²) in [6, 6.07) is 10.0. The van der Waals surface area contributed by atoms with Crippen LogP contribution in [0.2, 0.25) is 0 Å². The van der Waals surface area contributed by atoms with Gasteiger partial charge in [-0.05, 0) is 45.6 Å². The van der Waals surface area contributed by atoms with Crippen molar-refractivity contribution in [1.29, 1.82) is 0 Å². The number of rotatable bonds is 4. The number of nitrogens with zero attached hydrogens (tertiary/aromatic N) is 1. The lowest BCUT2D eigenvalue weighted by Gasteiger charge is -2.39. The van der Waals surface area contributed by atoms with E-state index in [1.165, 1.54) is 12.0 Å². The van der Waals surface area contributed by atoms with Crippen LogP contribution in [0.25, 0.3) is 0 Å². The van der Waals surface area contributed by atoms with Crippen molar-refractivity contribution < 1.29 is 23.9 Å². The van der Waals surface area contributed by atoms with Gasteiger partial charge in [0.1, 0.15) is 5.60 Å². The minimum atomic E-state index is -0.658. The maximum absolute atomic E-state index is 13.4. The van der Waals surface area contributed by atoms with E-state index in [0.717, 1.165) is 31.2 Å². The molecule has 0 aromatic heterocycles. The zero-order valence-corrected chi connectivity index (χ0v) is 19.0. The summed E-state index contributed by atoms with van der Waals surface area (Å²) in [4.78, 5) is 39.8. The zero-order valence-electron chi connectivity index (χ0n) is 19.0. The number of ether oxygens (including phenoxy) is 2. The molecule has 1 saturated heterocycles. The fraction of sp³-hybridized carbons (Fsp3) is 0.625. The van der Waals surface area contributed by atoms with Crippen LogP contribution in [0, 0.1) is 11.8 Å². The van der Waals surface area contributed by atoms with Crippen LogP contribution in [-0.2, 0) is 24.6 Å². The monoisotopic (exact) mass is 430 g/mol. The highest BCUT2D eigenvalue weighted by atomic mass is 16.6. The maximum atomic E-state index is 13.4. The molecule has 1 aromatic rings. The maximum Gasteiger partial charge on any atom is 0.410 e. The number of esters is 1. The van der Waals surface area contributed by atoms with E-state index in [9.17, 15) is 14.4 Å². The van der Waals surface area contributed by atoms with Crippen molar-refractivity contribution in [3.05, 3.63) is 35.9 Å². The summed E-state index contributed by atoms with van der Waals surface area (Å²) in [6.45, 7) is 5.79. The standard InChI is InChI=1S/C24H34N2O5/c1-23(2,3)31-22(29)26-15-17(14-18(16-26)21(28)30-4)20(27)25-24(12-8-9-13-24)19-10-6-5-7-11-19/h5-7,10-11,17-18H,8-9,12-16H2,1-4H3,(H,25,27)/t17-,18+/m0/s1. The van der Waals surface area contributed by atoms with Gasteiger partial charge in [-0.15, -0.1) is 0 Å². The molecular formula is C24H34N2O5. The van der Waals surface area contributed by atoms with Gasteiger partial charge >= 0.3 is 12.1 Å². The molecule has 3 rings (SSSR count). The third-order valence-electron chi connectivity index (χ3n) is 6.15. The number of benzene rings is 1. The topological polar surface area (TPSA) is 84.9 Å². The number of carbonyl (C=O) groups is 3. The van der Waals surface area contributed by atoms with Crippen LogP contribution in [0.1, 0.15) is 58.4 Å². The van der Waals surface area contributed by atoms with Crippen molar-refractivity contribution in [1.82, 2.24) is 10.2 Å². The van der Waals surface area contributed by atoms with Crippen molar-refractivity contribution in [2.24, 2.45) is 11.8 Å². The molecule has 2 fully saturated rings. The van der Waals surface area contributed by atoms with E-state index in [1.54, 1.807) is 20.8 Å². The van der Waals surface area contributed by atoms with Crippen LogP contribution in [0.4, 0.5) is 4.79 Å². The van der Waals surface area contributed by atoms with Gasteiger partial charge in [0.15, 0.2) is 0 Å². The predicted molar refractivity (Wildman–Crippen MR) is 116 cm³/mol. The molecule has 1 aliphatic carbocycles. The lowest BCUT2D eigenvalue weighted by molar-refractivity contribution is -0.148.